The van der Waals surface area contributed by atoms with Crippen LogP contribution in [0.4, 0.5) is 0 Å². The molecule has 0 aliphatic heterocycles. The maximum atomic E-state index is 12.5. The molecule has 1 N–H and O–H groups in total. The summed E-state index contributed by atoms with van der Waals surface area (Å²) in [6, 6.07) is 24.1. The quantitative estimate of drug-likeness (QED) is 0.402. The molecule has 166 valence electrons. The van der Waals surface area contributed by atoms with Gasteiger partial charge in [-0.05, 0) is 59.7 Å². The monoisotopic (exact) mass is 479 g/mol. The second-order valence-electron chi connectivity index (χ2n) is 7.20. The number of nitrogens with zero attached hydrogens (tertiary/aromatic N) is 2. The number of nitrogens with one attached hydrogen (secondary N) is 1. The summed E-state index contributed by atoms with van der Waals surface area (Å²) in [6.07, 6.45) is 0. The summed E-state index contributed by atoms with van der Waals surface area (Å²) in [5.41, 5.74) is 2.49. The molecule has 1 aromatic heterocycles. The van der Waals surface area contributed by atoms with E-state index in [1.807, 2.05) is 24.3 Å². The molecule has 4 rings (SSSR count). The first-order chi connectivity index (χ1) is 16.0. The van der Waals surface area contributed by atoms with E-state index in [0.717, 1.165) is 11.1 Å². The summed E-state index contributed by atoms with van der Waals surface area (Å²) >= 11 is 11.9. The van der Waals surface area contributed by atoms with E-state index in [1.54, 1.807) is 48.5 Å². The van der Waals surface area contributed by atoms with Crippen LogP contribution in [0.15, 0.2) is 89.7 Å². The van der Waals surface area contributed by atoms with Crippen LogP contribution < -0.4 is 15.6 Å². The molecule has 0 atom stereocenters. The lowest BCUT2D eigenvalue weighted by atomic mass is 10.1. The molecule has 0 saturated carbocycles. The normalized spacial score (nSPS) is 10.6. The Morgan fingerprint density at radius 2 is 1.64 bits per heavy atom. The number of hydrogen-bond acceptors (Lipinski definition) is 4. The van der Waals surface area contributed by atoms with E-state index in [0.29, 0.717) is 33.7 Å². The molecule has 8 heteroatoms. The fourth-order valence-corrected chi connectivity index (χ4v) is 3.42. The Morgan fingerprint density at radius 3 is 2.36 bits per heavy atom. The minimum atomic E-state index is -0.313. The highest BCUT2D eigenvalue weighted by molar-refractivity contribution is 6.30. The summed E-state index contributed by atoms with van der Waals surface area (Å²) in [4.78, 5) is 24.8. The molecular formula is C25H19Cl2N3O3. The number of benzene rings is 3. The van der Waals surface area contributed by atoms with Crippen LogP contribution in [0.3, 0.4) is 0 Å². The highest BCUT2D eigenvalue weighted by Crippen LogP contribution is 2.14. The molecule has 0 bridgehead atoms. The standard InChI is InChI=1S/C25H19Cl2N3O3/c26-20-8-4-17(5-9-20)16-33-23-12-13-24(31)30(29-23)22-10-6-19(7-11-22)25(32)28-15-18-2-1-3-21(27)14-18/h1-14H,15-16H2,(H,28,32). The molecule has 1 heterocycles. The number of hydrogen-bond donors (Lipinski definition) is 1. The van der Waals surface area contributed by atoms with Gasteiger partial charge in [0.25, 0.3) is 11.5 Å². The lowest BCUT2D eigenvalue weighted by Crippen LogP contribution is -2.23. The molecular weight excluding hydrogens is 461 g/mol. The van der Waals surface area contributed by atoms with Crippen molar-refractivity contribution in [1.82, 2.24) is 15.1 Å². The summed E-state index contributed by atoms with van der Waals surface area (Å²) in [7, 11) is 0. The van der Waals surface area contributed by atoms with Crippen LogP contribution in [-0.4, -0.2) is 15.7 Å². The van der Waals surface area contributed by atoms with Crippen molar-refractivity contribution >= 4 is 29.1 Å². The average Bonchev–Trinajstić information content (AvgIpc) is 2.83. The molecule has 0 aliphatic rings. The average molecular weight is 480 g/mol. The molecule has 0 fully saturated rings. The predicted octanol–water partition coefficient (Wildman–Crippen LogP) is 5.05. The van der Waals surface area contributed by atoms with Gasteiger partial charge >= 0.3 is 0 Å². The lowest BCUT2D eigenvalue weighted by Gasteiger charge is -2.10. The number of amides is 1. The molecule has 0 radical (unpaired) electrons. The van der Waals surface area contributed by atoms with E-state index < -0.39 is 0 Å². The number of aromatic nitrogens is 2. The third-order valence-corrected chi connectivity index (χ3v) is 5.28. The Morgan fingerprint density at radius 1 is 0.879 bits per heavy atom. The summed E-state index contributed by atoms with van der Waals surface area (Å²) in [6.45, 7) is 0.642. The minimum absolute atomic E-state index is 0.234. The third-order valence-electron chi connectivity index (χ3n) is 4.79. The van der Waals surface area contributed by atoms with E-state index in [1.165, 1.54) is 16.8 Å². The van der Waals surface area contributed by atoms with Crippen LogP contribution in [0, 0.1) is 0 Å². The highest BCUT2D eigenvalue weighted by Gasteiger charge is 2.09. The Hall–Kier alpha value is -3.61. The molecule has 4 aromatic rings. The van der Waals surface area contributed by atoms with Crippen molar-refractivity contribution in [2.75, 3.05) is 0 Å². The molecule has 3 aromatic carbocycles. The van der Waals surface area contributed by atoms with Crippen molar-refractivity contribution < 1.29 is 9.53 Å². The Kier molecular flexibility index (Phi) is 7.07. The zero-order valence-corrected chi connectivity index (χ0v) is 18.9. The third kappa shape index (κ3) is 6.00. The molecule has 1 amide bonds. The number of halogens is 2. The van der Waals surface area contributed by atoms with Crippen LogP contribution in [0.2, 0.25) is 10.0 Å². The van der Waals surface area contributed by atoms with Gasteiger partial charge in [0.1, 0.15) is 6.61 Å². The molecule has 6 nitrogen and oxygen atoms in total. The Bertz CT molecular complexity index is 1320. The first-order valence-electron chi connectivity index (χ1n) is 10.1. The van der Waals surface area contributed by atoms with E-state index in [9.17, 15) is 9.59 Å². The summed E-state index contributed by atoms with van der Waals surface area (Å²) in [5.74, 6) is 0.0646. The number of carbonyl (C=O) groups is 1. The zero-order valence-electron chi connectivity index (χ0n) is 17.4. The number of rotatable bonds is 7. The first-order valence-corrected chi connectivity index (χ1v) is 10.8. The fraction of sp³-hybridized carbons (Fsp3) is 0.0800. The fourth-order valence-electron chi connectivity index (χ4n) is 3.08. The van der Waals surface area contributed by atoms with Crippen LogP contribution in [0.5, 0.6) is 5.88 Å². The van der Waals surface area contributed by atoms with Crippen molar-refractivity contribution in [2.45, 2.75) is 13.2 Å². The van der Waals surface area contributed by atoms with Gasteiger partial charge in [0.2, 0.25) is 5.88 Å². The van der Waals surface area contributed by atoms with E-state index in [4.69, 9.17) is 27.9 Å². The van der Waals surface area contributed by atoms with Gasteiger partial charge < -0.3 is 10.1 Å². The zero-order chi connectivity index (χ0) is 23.2. The largest absolute Gasteiger partial charge is 0.472 e. The van der Waals surface area contributed by atoms with Gasteiger partial charge in [0.05, 0.1) is 5.69 Å². The van der Waals surface area contributed by atoms with Gasteiger partial charge in [-0.2, -0.15) is 4.68 Å². The van der Waals surface area contributed by atoms with E-state index >= 15 is 0 Å². The second-order valence-corrected chi connectivity index (χ2v) is 8.07. The Balaban J connectivity index is 1.43. The maximum absolute atomic E-state index is 12.5. The van der Waals surface area contributed by atoms with Crippen molar-refractivity contribution in [1.29, 1.82) is 0 Å². The minimum Gasteiger partial charge on any atom is -0.472 e. The predicted molar refractivity (Wildman–Crippen MR) is 128 cm³/mol. The van der Waals surface area contributed by atoms with Crippen molar-refractivity contribution in [2.24, 2.45) is 0 Å². The summed E-state index contributed by atoms with van der Waals surface area (Å²) < 4.78 is 6.93. The topological polar surface area (TPSA) is 73.2 Å². The second kappa shape index (κ2) is 10.3. The molecule has 0 spiro atoms. The van der Waals surface area contributed by atoms with Crippen LogP contribution in [0.1, 0.15) is 21.5 Å². The van der Waals surface area contributed by atoms with Crippen molar-refractivity contribution in [3.05, 3.63) is 122 Å². The van der Waals surface area contributed by atoms with Gasteiger partial charge in [-0.1, -0.05) is 47.5 Å². The number of ether oxygens (including phenoxy) is 1. The molecule has 0 unspecified atom stereocenters. The van der Waals surface area contributed by atoms with Crippen LogP contribution >= 0.6 is 23.2 Å². The van der Waals surface area contributed by atoms with Crippen molar-refractivity contribution in [3.8, 4) is 11.6 Å². The molecule has 0 aliphatic carbocycles. The molecule has 0 saturated heterocycles. The van der Waals surface area contributed by atoms with E-state index in [2.05, 4.69) is 10.4 Å². The maximum Gasteiger partial charge on any atom is 0.271 e. The van der Waals surface area contributed by atoms with Gasteiger partial charge in [0, 0.05) is 34.3 Å². The molecule has 33 heavy (non-hydrogen) atoms. The van der Waals surface area contributed by atoms with Gasteiger partial charge in [-0.15, -0.1) is 5.10 Å². The Labute approximate surface area is 200 Å². The highest BCUT2D eigenvalue weighted by atomic mass is 35.5. The lowest BCUT2D eigenvalue weighted by molar-refractivity contribution is 0.0951. The van der Waals surface area contributed by atoms with Crippen LogP contribution in [-0.2, 0) is 13.2 Å². The first kappa shape index (κ1) is 22.6. The smallest absolute Gasteiger partial charge is 0.271 e. The van der Waals surface area contributed by atoms with Crippen LogP contribution in [0.25, 0.3) is 5.69 Å². The van der Waals surface area contributed by atoms with Gasteiger partial charge in [-0.3, -0.25) is 9.59 Å². The summed E-state index contributed by atoms with van der Waals surface area (Å²) in [5, 5.41) is 8.38. The SMILES string of the molecule is O=C(NCc1cccc(Cl)c1)c1ccc(-n2nc(OCc3ccc(Cl)cc3)ccc2=O)cc1. The van der Waals surface area contributed by atoms with Crippen molar-refractivity contribution in [3.63, 3.8) is 0 Å². The number of carbonyl (C=O) groups excluding carboxylic acids is 1. The van der Waals surface area contributed by atoms with Gasteiger partial charge in [-0.25, -0.2) is 0 Å². The van der Waals surface area contributed by atoms with E-state index in [-0.39, 0.29) is 18.1 Å². The van der Waals surface area contributed by atoms with Gasteiger partial charge in [0.15, 0.2) is 0 Å².